The summed E-state index contributed by atoms with van der Waals surface area (Å²) in [6, 6.07) is 0. The number of rotatable bonds is 0. The van der Waals surface area contributed by atoms with E-state index in [1.54, 1.807) is 0 Å². The molecule has 3 nitrogen and oxygen atoms in total. The first kappa shape index (κ1) is 6.99. The van der Waals surface area contributed by atoms with Gasteiger partial charge in [0.05, 0.1) is 18.8 Å². The molecule has 0 spiro atoms. The minimum Gasteiger partial charge on any atom is -0.373 e. The summed E-state index contributed by atoms with van der Waals surface area (Å²) in [6.07, 6.45) is 0. The number of hydrogen-bond donors (Lipinski definition) is 1. The van der Waals surface area contributed by atoms with Crippen molar-refractivity contribution in [2.75, 3.05) is 19.7 Å². The van der Waals surface area contributed by atoms with Crippen LogP contribution in [0.1, 0.15) is 13.8 Å². The highest BCUT2D eigenvalue weighted by Gasteiger charge is 2.25. The normalized spacial score (nSPS) is 28.3. The number of hydrogen-bond acceptors (Lipinski definition) is 3. The van der Waals surface area contributed by atoms with E-state index >= 15 is 0 Å². The Morgan fingerprint density at radius 2 is 2.22 bits per heavy atom. The second kappa shape index (κ2) is 2.25. The van der Waals surface area contributed by atoms with Crippen LogP contribution in [0, 0.1) is 0 Å². The number of nitrogens with zero attached hydrogens (tertiary/aromatic N) is 1. The van der Waals surface area contributed by atoms with Crippen molar-refractivity contribution in [3.63, 3.8) is 0 Å². The lowest BCUT2D eigenvalue weighted by Gasteiger charge is -2.34. The summed E-state index contributed by atoms with van der Waals surface area (Å²) in [6.45, 7) is 5.80. The molecule has 54 valence electrons. The highest BCUT2D eigenvalue weighted by atomic mass is 16.5. The Morgan fingerprint density at radius 1 is 1.56 bits per heavy atom. The maximum absolute atomic E-state index is 9.00. The molecule has 1 rings (SSSR count). The van der Waals surface area contributed by atoms with E-state index in [0.717, 1.165) is 0 Å². The van der Waals surface area contributed by atoms with Gasteiger partial charge in [-0.25, -0.2) is 0 Å². The molecule has 0 radical (unpaired) electrons. The van der Waals surface area contributed by atoms with Crippen molar-refractivity contribution in [1.29, 1.82) is 0 Å². The molecule has 1 fully saturated rings. The molecule has 3 heteroatoms. The average molecular weight is 131 g/mol. The molecule has 1 N–H and O–H groups in total. The molecule has 1 heterocycles. The van der Waals surface area contributed by atoms with Gasteiger partial charge in [0.2, 0.25) is 0 Å². The molecular formula is C6H13NO2. The van der Waals surface area contributed by atoms with Crippen molar-refractivity contribution in [2.45, 2.75) is 19.4 Å². The van der Waals surface area contributed by atoms with Crippen LogP contribution >= 0.6 is 0 Å². The minimum absolute atomic E-state index is 0.174. The highest BCUT2D eigenvalue weighted by Crippen LogP contribution is 2.13. The molecule has 0 unspecified atom stereocenters. The van der Waals surface area contributed by atoms with Crippen molar-refractivity contribution in [3.8, 4) is 0 Å². The van der Waals surface area contributed by atoms with Gasteiger partial charge in [-0.2, -0.15) is 5.06 Å². The lowest BCUT2D eigenvalue weighted by atomic mass is 10.1. The van der Waals surface area contributed by atoms with Crippen LogP contribution in [0.15, 0.2) is 0 Å². The van der Waals surface area contributed by atoms with Gasteiger partial charge in [-0.3, -0.25) is 0 Å². The molecular weight excluding hydrogens is 118 g/mol. The Hall–Kier alpha value is -0.120. The Labute approximate surface area is 55.2 Å². The van der Waals surface area contributed by atoms with Crippen LogP contribution < -0.4 is 0 Å². The lowest BCUT2D eigenvalue weighted by molar-refractivity contribution is -0.196. The fourth-order valence-electron chi connectivity index (χ4n) is 0.992. The molecule has 0 aliphatic carbocycles. The van der Waals surface area contributed by atoms with Gasteiger partial charge in [-0.15, -0.1) is 0 Å². The summed E-state index contributed by atoms with van der Waals surface area (Å²) >= 11 is 0. The number of morpholine rings is 1. The highest BCUT2D eigenvalue weighted by molar-refractivity contribution is 4.74. The van der Waals surface area contributed by atoms with Gasteiger partial charge >= 0.3 is 0 Å². The zero-order valence-electron chi connectivity index (χ0n) is 5.92. The van der Waals surface area contributed by atoms with Gasteiger partial charge in [0.25, 0.3) is 0 Å². The predicted molar refractivity (Wildman–Crippen MR) is 33.4 cm³/mol. The Kier molecular flexibility index (Phi) is 1.75. The van der Waals surface area contributed by atoms with Crippen LogP contribution in [0.5, 0.6) is 0 Å². The van der Waals surface area contributed by atoms with E-state index in [1.165, 1.54) is 5.06 Å². The third-order valence-electron chi connectivity index (χ3n) is 1.41. The van der Waals surface area contributed by atoms with Crippen molar-refractivity contribution in [1.82, 2.24) is 5.06 Å². The largest absolute Gasteiger partial charge is 0.373 e. The fourth-order valence-corrected chi connectivity index (χ4v) is 0.992. The zero-order chi connectivity index (χ0) is 6.91. The van der Waals surface area contributed by atoms with E-state index in [4.69, 9.17) is 9.94 Å². The second-order valence-electron chi connectivity index (χ2n) is 3.00. The Bertz CT molecular complexity index is 103. The summed E-state index contributed by atoms with van der Waals surface area (Å²) in [4.78, 5) is 0. The van der Waals surface area contributed by atoms with Crippen LogP contribution in [0.2, 0.25) is 0 Å². The first-order valence-electron chi connectivity index (χ1n) is 3.18. The molecule has 1 aliphatic rings. The van der Waals surface area contributed by atoms with Gasteiger partial charge in [-0.1, -0.05) is 0 Å². The molecule has 1 saturated heterocycles. The average Bonchev–Trinajstić information content (AvgIpc) is 1.60. The lowest BCUT2D eigenvalue weighted by Crippen LogP contribution is -2.46. The SMILES string of the molecule is CC1(C)CN(O)CCO1. The monoisotopic (exact) mass is 131 g/mol. The van der Waals surface area contributed by atoms with E-state index in [0.29, 0.717) is 19.7 Å². The van der Waals surface area contributed by atoms with Gasteiger partial charge in [0, 0.05) is 6.54 Å². The van der Waals surface area contributed by atoms with Crippen molar-refractivity contribution in [3.05, 3.63) is 0 Å². The van der Waals surface area contributed by atoms with Crippen molar-refractivity contribution < 1.29 is 9.94 Å². The van der Waals surface area contributed by atoms with Crippen LogP contribution in [0.25, 0.3) is 0 Å². The molecule has 0 bridgehead atoms. The van der Waals surface area contributed by atoms with E-state index in [2.05, 4.69) is 0 Å². The predicted octanol–water partition coefficient (Wildman–Crippen LogP) is 0.486. The minimum atomic E-state index is -0.174. The van der Waals surface area contributed by atoms with Crippen LogP contribution in [0.3, 0.4) is 0 Å². The smallest absolute Gasteiger partial charge is 0.0776 e. The molecule has 0 amide bonds. The molecule has 0 saturated carbocycles. The Balaban J connectivity index is 2.41. The summed E-state index contributed by atoms with van der Waals surface area (Å²) in [5.74, 6) is 0. The third kappa shape index (κ3) is 1.93. The second-order valence-corrected chi connectivity index (χ2v) is 3.00. The molecule has 9 heavy (non-hydrogen) atoms. The van der Waals surface area contributed by atoms with Crippen LogP contribution in [-0.4, -0.2) is 35.6 Å². The van der Waals surface area contributed by atoms with E-state index in [-0.39, 0.29) is 5.60 Å². The summed E-state index contributed by atoms with van der Waals surface area (Å²) in [7, 11) is 0. The molecule has 0 atom stereocenters. The molecule has 1 aliphatic heterocycles. The van der Waals surface area contributed by atoms with Gasteiger partial charge in [0.15, 0.2) is 0 Å². The maximum atomic E-state index is 9.00. The molecule has 0 aromatic heterocycles. The zero-order valence-corrected chi connectivity index (χ0v) is 5.92. The van der Waals surface area contributed by atoms with Crippen molar-refractivity contribution >= 4 is 0 Å². The first-order valence-corrected chi connectivity index (χ1v) is 3.18. The quantitative estimate of drug-likeness (QED) is 0.519. The van der Waals surface area contributed by atoms with E-state index in [1.807, 2.05) is 13.8 Å². The fraction of sp³-hybridized carbons (Fsp3) is 1.00. The first-order chi connectivity index (χ1) is 4.10. The summed E-state index contributed by atoms with van der Waals surface area (Å²) in [5.41, 5.74) is -0.174. The number of ether oxygens (including phenoxy) is 1. The Morgan fingerprint density at radius 3 is 2.56 bits per heavy atom. The molecule has 0 aromatic rings. The van der Waals surface area contributed by atoms with Gasteiger partial charge in [0.1, 0.15) is 0 Å². The summed E-state index contributed by atoms with van der Waals surface area (Å²) < 4.78 is 5.33. The van der Waals surface area contributed by atoms with Gasteiger partial charge in [-0.05, 0) is 13.8 Å². The summed E-state index contributed by atoms with van der Waals surface area (Å²) in [5, 5.41) is 10.3. The third-order valence-corrected chi connectivity index (χ3v) is 1.41. The van der Waals surface area contributed by atoms with Gasteiger partial charge < -0.3 is 9.94 Å². The maximum Gasteiger partial charge on any atom is 0.0776 e. The topological polar surface area (TPSA) is 32.7 Å². The van der Waals surface area contributed by atoms with E-state index in [9.17, 15) is 0 Å². The van der Waals surface area contributed by atoms with E-state index < -0.39 is 0 Å². The van der Waals surface area contributed by atoms with Crippen molar-refractivity contribution in [2.24, 2.45) is 0 Å². The standard InChI is InChI=1S/C6H13NO2/c1-6(2)5-7(8)3-4-9-6/h8H,3-5H2,1-2H3. The van der Waals surface area contributed by atoms with Crippen LogP contribution in [0.4, 0.5) is 0 Å². The number of hydroxylamine groups is 2. The van der Waals surface area contributed by atoms with Crippen LogP contribution in [-0.2, 0) is 4.74 Å². The molecule has 0 aromatic carbocycles.